The van der Waals surface area contributed by atoms with Gasteiger partial charge >= 0.3 is 0 Å². The Balaban J connectivity index is 1.59. The van der Waals surface area contributed by atoms with E-state index in [0.29, 0.717) is 6.04 Å². The van der Waals surface area contributed by atoms with Gasteiger partial charge in [0.05, 0.1) is 12.3 Å². The molecule has 2 fully saturated rings. The van der Waals surface area contributed by atoms with Gasteiger partial charge in [0, 0.05) is 18.0 Å². The van der Waals surface area contributed by atoms with E-state index in [1.54, 1.807) is 11.3 Å². The van der Waals surface area contributed by atoms with E-state index in [2.05, 4.69) is 24.1 Å². The first-order chi connectivity index (χ1) is 9.22. The van der Waals surface area contributed by atoms with Crippen LogP contribution in [0.15, 0.2) is 5.38 Å². The van der Waals surface area contributed by atoms with Gasteiger partial charge < -0.3 is 4.74 Å². The van der Waals surface area contributed by atoms with Gasteiger partial charge in [-0.2, -0.15) is 0 Å². The maximum Gasteiger partial charge on any atom is 0.123 e. The number of ether oxygens (including phenoxy) is 1. The largest absolute Gasteiger partial charge is 0.368 e. The summed E-state index contributed by atoms with van der Waals surface area (Å²) < 4.78 is 6.02. The fourth-order valence-corrected chi connectivity index (χ4v) is 3.88. The molecule has 106 valence electrons. The van der Waals surface area contributed by atoms with Gasteiger partial charge in [-0.15, -0.1) is 11.3 Å². The third-order valence-corrected chi connectivity index (χ3v) is 5.20. The molecule has 0 N–H and O–H groups in total. The first kappa shape index (κ1) is 13.5. The molecule has 0 aromatic carbocycles. The van der Waals surface area contributed by atoms with Crippen LogP contribution in [0.2, 0.25) is 0 Å². The monoisotopic (exact) mass is 280 g/mol. The standard InChI is InChI=1S/C15H24N2OS/c1-11(2)5-6-12-10-19-15(16-12)14-8-17-7-3-4-13(17)9-18-14/h10-11,13-14H,3-9H2,1-2H3/t13-,14+/m0/s1. The van der Waals surface area contributed by atoms with E-state index < -0.39 is 0 Å². The minimum absolute atomic E-state index is 0.215. The van der Waals surface area contributed by atoms with Crippen molar-refractivity contribution in [2.75, 3.05) is 19.7 Å². The Kier molecular flexibility index (Phi) is 4.20. The van der Waals surface area contributed by atoms with E-state index in [1.165, 1.54) is 36.5 Å². The highest BCUT2D eigenvalue weighted by Crippen LogP contribution is 2.31. The van der Waals surface area contributed by atoms with Crippen LogP contribution >= 0.6 is 11.3 Å². The Morgan fingerprint density at radius 1 is 1.53 bits per heavy atom. The second-order valence-corrected chi connectivity index (χ2v) is 7.11. The molecule has 0 unspecified atom stereocenters. The third kappa shape index (κ3) is 3.18. The van der Waals surface area contributed by atoms with E-state index in [1.807, 2.05) is 0 Å². The Labute approximate surface area is 120 Å². The van der Waals surface area contributed by atoms with Crippen LogP contribution in [0.4, 0.5) is 0 Å². The summed E-state index contributed by atoms with van der Waals surface area (Å²) in [6.07, 6.45) is 5.19. The number of aryl methyl sites for hydroxylation is 1. The molecule has 1 aromatic heterocycles. The number of hydrogen-bond acceptors (Lipinski definition) is 4. The summed E-state index contributed by atoms with van der Waals surface area (Å²) in [5, 5.41) is 3.40. The van der Waals surface area contributed by atoms with E-state index in [0.717, 1.165) is 25.5 Å². The molecule has 3 rings (SSSR count). The predicted molar refractivity (Wildman–Crippen MR) is 78.6 cm³/mol. The van der Waals surface area contributed by atoms with Gasteiger partial charge in [-0.25, -0.2) is 4.98 Å². The number of fused-ring (bicyclic) bond motifs is 1. The molecule has 2 aliphatic rings. The van der Waals surface area contributed by atoms with Crippen molar-refractivity contribution < 1.29 is 4.74 Å². The van der Waals surface area contributed by atoms with Crippen molar-refractivity contribution in [3.8, 4) is 0 Å². The van der Waals surface area contributed by atoms with Gasteiger partial charge in [0.15, 0.2) is 0 Å². The molecule has 0 aliphatic carbocycles. The molecule has 2 aliphatic heterocycles. The molecule has 19 heavy (non-hydrogen) atoms. The molecule has 2 atom stereocenters. The zero-order valence-electron chi connectivity index (χ0n) is 12.0. The number of rotatable bonds is 4. The SMILES string of the molecule is CC(C)CCc1csc([C@H]2CN3CCC[C@H]3CO2)n1. The molecule has 0 radical (unpaired) electrons. The van der Waals surface area contributed by atoms with Crippen molar-refractivity contribution in [1.29, 1.82) is 0 Å². The summed E-state index contributed by atoms with van der Waals surface area (Å²) in [5.41, 5.74) is 1.25. The molecule has 3 nitrogen and oxygen atoms in total. The minimum Gasteiger partial charge on any atom is -0.368 e. The van der Waals surface area contributed by atoms with Crippen LogP contribution < -0.4 is 0 Å². The average Bonchev–Trinajstić information content (AvgIpc) is 3.04. The normalized spacial score (nSPS) is 27.9. The molecule has 1 aromatic rings. The summed E-state index contributed by atoms with van der Waals surface area (Å²) in [7, 11) is 0. The van der Waals surface area contributed by atoms with Gasteiger partial charge in [0.2, 0.25) is 0 Å². The van der Waals surface area contributed by atoms with Gasteiger partial charge in [-0.3, -0.25) is 4.90 Å². The molecule has 0 bridgehead atoms. The number of hydrogen-bond donors (Lipinski definition) is 0. The van der Waals surface area contributed by atoms with E-state index in [-0.39, 0.29) is 6.10 Å². The second kappa shape index (κ2) is 5.90. The highest BCUT2D eigenvalue weighted by Gasteiger charge is 2.33. The number of thiazole rings is 1. The molecular formula is C15H24N2OS. The highest BCUT2D eigenvalue weighted by atomic mass is 32.1. The zero-order valence-corrected chi connectivity index (χ0v) is 12.8. The number of morpholine rings is 1. The summed E-state index contributed by atoms with van der Waals surface area (Å²) >= 11 is 1.78. The van der Waals surface area contributed by atoms with E-state index >= 15 is 0 Å². The zero-order chi connectivity index (χ0) is 13.2. The lowest BCUT2D eigenvalue weighted by Crippen LogP contribution is -2.42. The Hall–Kier alpha value is -0.450. The van der Waals surface area contributed by atoms with Crippen LogP contribution in [0.3, 0.4) is 0 Å². The first-order valence-electron chi connectivity index (χ1n) is 7.52. The highest BCUT2D eigenvalue weighted by molar-refractivity contribution is 7.09. The average molecular weight is 280 g/mol. The molecule has 0 amide bonds. The molecule has 3 heterocycles. The van der Waals surface area contributed by atoms with Gasteiger partial charge in [-0.05, 0) is 38.1 Å². The summed E-state index contributed by atoms with van der Waals surface area (Å²) in [4.78, 5) is 7.37. The van der Waals surface area contributed by atoms with E-state index in [9.17, 15) is 0 Å². The van der Waals surface area contributed by atoms with Crippen LogP contribution in [-0.4, -0.2) is 35.6 Å². The van der Waals surface area contributed by atoms with Crippen molar-refractivity contribution in [3.63, 3.8) is 0 Å². The fraction of sp³-hybridized carbons (Fsp3) is 0.800. The van der Waals surface area contributed by atoms with Crippen LogP contribution in [0.25, 0.3) is 0 Å². The summed E-state index contributed by atoms with van der Waals surface area (Å²) in [6, 6.07) is 0.677. The van der Waals surface area contributed by atoms with Gasteiger partial charge in [0.1, 0.15) is 11.1 Å². The maximum atomic E-state index is 6.02. The lowest BCUT2D eigenvalue weighted by Gasteiger charge is -2.34. The molecule has 2 saturated heterocycles. The Morgan fingerprint density at radius 3 is 3.26 bits per heavy atom. The molecule has 4 heteroatoms. The minimum atomic E-state index is 0.215. The van der Waals surface area contributed by atoms with Crippen molar-refractivity contribution in [1.82, 2.24) is 9.88 Å². The Bertz CT molecular complexity index is 418. The number of nitrogens with zero attached hydrogens (tertiary/aromatic N) is 2. The topological polar surface area (TPSA) is 25.4 Å². The lowest BCUT2D eigenvalue weighted by molar-refractivity contribution is -0.0502. The van der Waals surface area contributed by atoms with Crippen molar-refractivity contribution in [2.45, 2.75) is 51.7 Å². The summed E-state index contributed by atoms with van der Waals surface area (Å²) in [5.74, 6) is 0.751. The smallest absolute Gasteiger partial charge is 0.123 e. The van der Waals surface area contributed by atoms with Crippen LogP contribution in [-0.2, 0) is 11.2 Å². The molecular weight excluding hydrogens is 256 g/mol. The van der Waals surface area contributed by atoms with Gasteiger partial charge in [-0.1, -0.05) is 13.8 Å². The second-order valence-electron chi connectivity index (χ2n) is 6.22. The van der Waals surface area contributed by atoms with Crippen molar-refractivity contribution >= 4 is 11.3 Å². The first-order valence-corrected chi connectivity index (χ1v) is 8.40. The Morgan fingerprint density at radius 2 is 2.42 bits per heavy atom. The third-order valence-electron chi connectivity index (χ3n) is 4.21. The number of aromatic nitrogens is 1. The fourth-order valence-electron chi connectivity index (χ4n) is 2.99. The maximum absolute atomic E-state index is 6.02. The van der Waals surface area contributed by atoms with Crippen molar-refractivity contribution in [3.05, 3.63) is 16.1 Å². The quantitative estimate of drug-likeness (QED) is 0.846. The molecule has 0 spiro atoms. The van der Waals surface area contributed by atoms with Gasteiger partial charge in [0.25, 0.3) is 0 Å². The summed E-state index contributed by atoms with van der Waals surface area (Å²) in [6.45, 7) is 7.72. The van der Waals surface area contributed by atoms with Crippen LogP contribution in [0, 0.1) is 5.92 Å². The lowest BCUT2D eigenvalue weighted by atomic mass is 10.1. The molecule has 0 saturated carbocycles. The van der Waals surface area contributed by atoms with Crippen molar-refractivity contribution in [2.24, 2.45) is 5.92 Å². The van der Waals surface area contributed by atoms with Crippen LogP contribution in [0.1, 0.15) is 49.9 Å². The van der Waals surface area contributed by atoms with E-state index in [4.69, 9.17) is 9.72 Å². The predicted octanol–water partition coefficient (Wildman–Crippen LogP) is 3.27. The van der Waals surface area contributed by atoms with Crippen LogP contribution in [0.5, 0.6) is 0 Å².